The number of ether oxygens (including phenoxy) is 2. The van der Waals surface area contributed by atoms with Crippen molar-refractivity contribution in [1.29, 1.82) is 0 Å². The van der Waals surface area contributed by atoms with Crippen molar-refractivity contribution in [1.82, 2.24) is 9.29 Å². The molecular weight excluding hydrogens is 723 g/mol. The maximum atomic E-state index is 14.4. The Kier molecular flexibility index (Phi) is 12.2. The van der Waals surface area contributed by atoms with Crippen molar-refractivity contribution in [2.45, 2.75) is 68.6 Å². The fraction of sp³-hybridized carbons (Fsp3) is 0.239. The molecule has 1 heterocycles. The molecule has 1 aromatic heterocycles. The highest BCUT2D eigenvalue weighted by molar-refractivity contribution is 7.89. The van der Waals surface area contributed by atoms with Crippen LogP contribution in [0.2, 0.25) is 0 Å². The van der Waals surface area contributed by atoms with Crippen molar-refractivity contribution < 1.29 is 27.5 Å². The molecule has 1 saturated carbocycles. The molecule has 6 aromatic rings. The summed E-state index contributed by atoms with van der Waals surface area (Å²) in [5, 5.41) is 3.65. The molecule has 0 saturated heterocycles. The van der Waals surface area contributed by atoms with Gasteiger partial charge in [-0.3, -0.25) is 9.78 Å². The van der Waals surface area contributed by atoms with Crippen LogP contribution in [0, 0.1) is 0 Å². The van der Waals surface area contributed by atoms with E-state index < -0.39 is 27.9 Å². The van der Waals surface area contributed by atoms with Crippen LogP contribution in [0.3, 0.4) is 0 Å². The minimum Gasteiger partial charge on any atom is -0.488 e. The number of pyridine rings is 1. The van der Waals surface area contributed by atoms with Crippen molar-refractivity contribution in [3.8, 4) is 5.75 Å². The third kappa shape index (κ3) is 9.16. The van der Waals surface area contributed by atoms with Gasteiger partial charge in [-0.25, -0.2) is 13.2 Å². The average Bonchev–Trinajstić information content (AvgIpc) is 3.25. The predicted molar refractivity (Wildman–Crippen MR) is 218 cm³/mol. The Morgan fingerprint density at radius 3 is 2.25 bits per heavy atom. The van der Waals surface area contributed by atoms with E-state index in [0.717, 1.165) is 28.3 Å². The molecule has 0 bridgehead atoms. The smallest absolute Gasteiger partial charge is 0.338 e. The molecule has 1 fully saturated rings. The second-order valence-electron chi connectivity index (χ2n) is 14.2. The van der Waals surface area contributed by atoms with Gasteiger partial charge in [-0.1, -0.05) is 110 Å². The highest BCUT2D eigenvalue weighted by atomic mass is 32.2. The van der Waals surface area contributed by atoms with Crippen molar-refractivity contribution in [2.75, 3.05) is 12.4 Å². The number of benzene rings is 5. The number of aromatic nitrogens is 1. The number of nitrogens with zero attached hydrogens (tertiary/aromatic N) is 2. The van der Waals surface area contributed by atoms with Gasteiger partial charge in [0.1, 0.15) is 29.9 Å². The number of sulfonamides is 1. The lowest BCUT2D eigenvalue weighted by Crippen LogP contribution is -2.46. The zero-order chi connectivity index (χ0) is 38.9. The summed E-state index contributed by atoms with van der Waals surface area (Å²) in [6, 6.07) is 39.1. The summed E-state index contributed by atoms with van der Waals surface area (Å²) in [7, 11) is -2.76. The number of esters is 1. The van der Waals surface area contributed by atoms with E-state index in [2.05, 4.69) is 22.4 Å². The van der Waals surface area contributed by atoms with Gasteiger partial charge < -0.3 is 14.8 Å². The van der Waals surface area contributed by atoms with Crippen LogP contribution in [0.1, 0.15) is 70.6 Å². The van der Waals surface area contributed by atoms with Gasteiger partial charge in [-0.15, -0.1) is 0 Å². The van der Waals surface area contributed by atoms with Gasteiger partial charge in [0.25, 0.3) is 0 Å². The molecule has 1 aliphatic rings. The second-order valence-corrected chi connectivity index (χ2v) is 16.1. The average molecular weight is 768 g/mol. The van der Waals surface area contributed by atoms with Crippen LogP contribution < -0.4 is 10.1 Å². The van der Waals surface area contributed by atoms with E-state index in [1.807, 2.05) is 60.7 Å². The molecular formula is C46H45N3O6S. The third-order valence-corrected chi connectivity index (χ3v) is 12.3. The van der Waals surface area contributed by atoms with E-state index >= 15 is 0 Å². The molecule has 0 radical (unpaired) electrons. The van der Waals surface area contributed by atoms with Crippen LogP contribution in [-0.2, 0) is 39.2 Å². The number of likely N-dealkylation sites (N-methyl/N-ethyl adjacent to an activating group) is 1. The van der Waals surface area contributed by atoms with E-state index in [9.17, 15) is 18.0 Å². The van der Waals surface area contributed by atoms with E-state index in [1.54, 1.807) is 60.8 Å². The fourth-order valence-corrected chi connectivity index (χ4v) is 8.71. The number of carbonyl (C=O) groups excluding carboxylic acids is 2. The molecule has 5 aromatic carbocycles. The van der Waals surface area contributed by atoms with Gasteiger partial charge in [0.2, 0.25) is 15.9 Å². The summed E-state index contributed by atoms with van der Waals surface area (Å²) < 4.78 is 41.8. The number of hydrogen-bond acceptors (Lipinski definition) is 7. The van der Waals surface area contributed by atoms with Crippen LogP contribution in [0.4, 0.5) is 5.69 Å². The first kappa shape index (κ1) is 38.4. The number of hydrogen-bond donors (Lipinski definition) is 1. The number of amides is 1. The van der Waals surface area contributed by atoms with E-state index in [0.29, 0.717) is 39.4 Å². The molecule has 1 aliphatic carbocycles. The second kappa shape index (κ2) is 17.7. The summed E-state index contributed by atoms with van der Waals surface area (Å²) in [4.78, 5) is 31.6. The van der Waals surface area contributed by atoms with Gasteiger partial charge in [0.15, 0.2) is 0 Å². The first-order valence-electron chi connectivity index (χ1n) is 19.0. The maximum absolute atomic E-state index is 14.4. The van der Waals surface area contributed by atoms with Gasteiger partial charge in [-0.05, 0) is 78.3 Å². The van der Waals surface area contributed by atoms with Gasteiger partial charge in [0, 0.05) is 35.9 Å². The minimum absolute atomic E-state index is 0.0227. The van der Waals surface area contributed by atoms with Crippen LogP contribution in [0.25, 0.3) is 10.9 Å². The summed E-state index contributed by atoms with van der Waals surface area (Å²) >= 11 is 0. The highest BCUT2D eigenvalue weighted by Gasteiger charge is 2.35. The lowest BCUT2D eigenvalue weighted by Gasteiger charge is -2.28. The first-order chi connectivity index (χ1) is 27.3. The van der Waals surface area contributed by atoms with Crippen molar-refractivity contribution in [3.05, 3.63) is 167 Å². The van der Waals surface area contributed by atoms with Gasteiger partial charge in [-0.2, -0.15) is 4.31 Å². The molecule has 10 heteroatoms. The van der Waals surface area contributed by atoms with Crippen molar-refractivity contribution in [3.63, 3.8) is 0 Å². The first-order valence-corrected chi connectivity index (χ1v) is 20.4. The number of nitrogens with one attached hydrogen (secondary N) is 1. The number of para-hydroxylation sites is 1. The van der Waals surface area contributed by atoms with Gasteiger partial charge >= 0.3 is 5.97 Å². The molecule has 56 heavy (non-hydrogen) atoms. The Bertz CT molecular complexity index is 2380. The Balaban J connectivity index is 1.17. The molecule has 7 rings (SSSR count). The van der Waals surface area contributed by atoms with Crippen molar-refractivity contribution in [2.24, 2.45) is 0 Å². The zero-order valence-electron chi connectivity index (χ0n) is 31.3. The zero-order valence-corrected chi connectivity index (χ0v) is 32.2. The number of carbonyl (C=O) groups is 2. The van der Waals surface area contributed by atoms with Crippen molar-refractivity contribution >= 4 is 38.5 Å². The van der Waals surface area contributed by atoms with E-state index in [1.165, 1.54) is 37.9 Å². The molecule has 9 nitrogen and oxygen atoms in total. The molecule has 1 amide bonds. The maximum Gasteiger partial charge on any atom is 0.338 e. The molecule has 0 spiro atoms. The Hall–Kier alpha value is -5.84. The summed E-state index contributed by atoms with van der Waals surface area (Å²) in [5.41, 5.74) is 4.80. The number of fused-ring (bicyclic) bond motifs is 1. The molecule has 1 atom stereocenters. The minimum atomic E-state index is -4.20. The molecule has 0 aliphatic heterocycles. The summed E-state index contributed by atoms with van der Waals surface area (Å²) in [6.07, 6.45) is 7.73. The van der Waals surface area contributed by atoms with E-state index in [-0.39, 0.29) is 24.5 Å². The lowest BCUT2D eigenvalue weighted by molar-refractivity contribution is -0.119. The SMILES string of the molecule is CN(C(Cc1ccc(C2CCCCC2)cc1)C(=O)Nc1ccc(COC(=O)c2ccccc2)c(OCc2ccccc2)c1)S(=O)(=O)c1cccc2cccnc12. The Labute approximate surface area is 328 Å². The lowest BCUT2D eigenvalue weighted by atomic mass is 9.84. The monoisotopic (exact) mass is 767 g/mol. The number of rotatable bonds is 14. The standard InChI is InChI=1S/C46H45N3O6S/c1-49(56(52,53)43-21-11-19-37-20-12-28-47-44(37)43)41(29-33-22-24-36(25-23-33)35-15-7-3-8-16-35)45(50)48-40-27-26-39(32-55-46(51)38-17-9-4-10-18-38)42(30-40)54-31-34-13-5-2-6-14-34/h2,4-6,9-14,17-28,30,35,41H,3,7-8,15-16,29,31-32H2,1H3,(H,48,50). The number of anilines is 1. The topological polar surface area (TPSA) is 115 Å². The third-order valence-electron chi connectivity index (χ3n) is 10.4. The van der Waals surface area contributed by atoms with Crippen LogP contribution in [0.15, 0.2) is 145 Å². The summed E-state index contributed by atoms with van der Waals surface area (Å²) in [5.74, 6) is -0.0674. The van der Waals surface area contributed by atoms with Crippen LogP contribution in [-0.4, -0.2) is 42.7 Å². The molecule has 1 N–H and O–H groups in total. The van der Waals surface area contributed by atoms with E-state index in [4.69, 9.17) is 9.47 Å². The Morgan fingerprint density at radius 1 is 0.786 bits per heavy atom. The highest BCUT2D eigenvalue weighted by Crippen LogP contribution is 2.33. The molecule has 1 unspecified atom stereocenters. The predicted octanol–water partition coefficient (Wildman–Crippen LogP) is 9.09. The van der Waals surface area contributed by atoms with Crippen LogP contribution >= 0.6 is 0 Å². The Morgan fingerprint density at radius 2 is 1.50 bits per heavy atom. The van der Waals surface area contributed by atoms with Crippen LogP contribution in [0.5, 0.6) is 5.75 Å². The molecule has 286 valence electrons. The fourth-order valence-electron chi connectivity index (χ4n) is 7.23. The largest absolute Gasteiger partial charge is 0.488 e. The summed E-state index contributed by atoms with van der Waals surface area (Å²) in [6.45, 7) is 0.170. The van der Waals surface area contributed by atoms with Gasteiger partial charge in [0.05, 0.1) is 11.1 Å². The normalized spacial score (nSPS) is 14.0. The quantitative estimate of drug-likeness (QED) is 0.110.